The lowest BCUT2D eigenvalue weighted by molar-refractivity contribution is 0.00578. The molecule has 1 fully saturated rings. The molecule has 1 saturated heterocycles. The Kier molecular flexibility index (Phi) is 4.16. The summed E-state index contributed by atoms with van der Waals surface area (Å²) in [5.74, 6) is 0. The van der Waals surface area contributed by atoms with Gasteiger partial charge in [-0.1, -0.05) is 60.7 Å². The van der Waals surface area contributed by atoms with E-state index in [2.05, 4.69) is 76.2 Å². The van der Waals surface area contributed by atoms with E-state index in [1.54, 1.807) is 0 Å². The Morgan fingerprint density at radius 2 is 1.11 bits per heavy atom. The fraction of sp³-hybridized carbons (Fsp3) is 0.200. The van der Waals surface area contributed by atoms with Gasteiger partial charge in [0.25, 0.3) is 0 Å². The standard InChI is InChI=1S/C30H25BO4/c1-29(2)30(3,4)35-31(34-29)22-17-16-19(27-21-11-6-8-14-24(21)33-28(22)27)18-12-9-15-25-26(18)20-10-5-7-13-23(20)32-25/h5-17H,1-4H3. The summed E-state index contributed by atoms with van der Waals surface area (Å²) in [5, 5.41) is 4.35. The van der Waals surface area contributed by atoms with Crippen LogP contribution in [0.25, 0.3) is 55.0 Å². The SMILES string of the molecule is CC1(C)OB(c2ccc(-c3cccc4oc5ccccc5c34)c3c2oc2ccccc23)OC1(C)C. The van der Waals surface area contributed by atoms with E-state index in [0.717, 1.165) is 60.5 Å². The molecular weight excluding hydrogens is 435 g/mol. The molecule has 0 amide bonds. The molecular formula is C30H25BO4. The Balaban J connectivity index is 1.55. The first-order valence-electron chi connectivity index (χ1n) is 12.0. The molecule has 3 heterocycles. The molecule has 0 saturated carbocycles. The lowest BCUT2D eigenvalue weighted by Crippen LogP contribution is -2.41. The Labute approximate surface area is 203 Å². The van der Waals surface area contributed by atoms with Crippen LogP contribution in [0.15, 0.2) is 87.7 Å². The van der Waals surface area contributed by atoms with E-state index in [-0.39, 0.29) is 0 Å². The predicted molar refractivity (Wildman–Crippen MR) is 142 cm³/mol. The maximum atomic E-state index is 6.49. The van der Waals surface area contributed by atoms with E-state index in [9.17, 15) is 0 Å². The maximum Gasteiger partial charge on any atom is 0.498 e. The van der Waals surface area contributed by atoms with Crippen LogP contribution in [-0.2, 0) is 9.31 Å². The first kappa shape index (κ1) is 20.8. The minimum Gasteiger partial charge on any atom is -0.456 e. The van der Waals surface area contributed by atoms with Gasteiger partial charge in [-0.2, -0.15) is 0 Å². The molecule has 0 atom stereocenters. The van der Waals surface area contributed by atoms with E-state index in [1.165, 1.54) is 0 Å². The van der Waals surface area contributed by atoms with Crippen molar-refractivity contribution in [3.8, 4) is 11.1 Å². The Hall–Kier alpha value is -3.54. The van der Waals surface area contributed by atoms with Gasteiger partial charge in [-0.15, -0.1) is 0 Å². The molecule has 0 unspecified atom stereocenters. The van der Waals surface area contributed by atoms with Crippen LogP contribution < -0.4 is 5.46 Å². The van der Waals surface area contributed by atoms with Crippen molar-refractivity contribution in [2.45, 2.75) is 38.9 Å². The second-order valence-corrected chi connectivity index (χ2v) is 10.4. The average molecular weight is 460 g/mol. The van der Waals surface area contributed by atoms with Crippen molar-refractivity contribution in [2.24, 2.45) is 0 Å². The number of furan rings is 2. The van der Waals surface area contributed by atoms with E-state index in [1.807, 2.05) is 30.3 Å². The molecule has 0 radical (unpaired) electrons. The number of para-hydroxylation sites is 2. The monoisotopic (exact) mass is 460 g/mol. The lowest BCUT2D eigenvalue weighted by atomic mass is 9.77. The number of hydrogen-bond acceptors (Lipinski definition) is 4. The number of rotatable bonds is 2. The van der Waals surface area contributed by atoms with Crippen LogP contribution >= 0.6 is 0 Å². The van der Waals surface area contributed by atoms with Crippen LogP contribution in [0.4, 0.5) is 0 Å². The smallest absolute Gasteiger partial charge is 0.456 e. The van der Waals surface area contributed by atoms with Gasteiger partial charge in [-0.25, -0.2) is 0 Å². The second-order valence-electron chi connectivity index (χ2n) is 10.4. The van der Waals surface area contributed by atoms with E-state index < -0.39 is 18.3 Å². The molecule has 7 rings (SSSR count). The molecule has 1 aliphatic rings. The van der Waals surface area contributed by atoms with Crippen molar-refractivity contribution in [3.05, 3.63) is 78.9 Å². The third-order valence-corrected chi connectivity index (χ3v) is 7.76. The summed E-state index contributed by atoms with van der Waals surface area (Å²) in [6.45, 7) is 8.29. The van der Waals surface area contributed by atoms with Crippen molar-refractivity contribution < 1.29 is 18.1 Å². The molecule has 1 aliphatic heterocycles. The summed E-state index contributed by atoms with van der Waals surface area (Å²) in [6.07, 6.45) is 0. The zero-order valence-corrected chi connectivity index (χ0v) is 20.2. The summed E-state index contributed by atoms with van der Waals surface area (Å²) in [7, 11) is -0.511. The molecule has 172 valence electrons. The topological polar surface area (TPSA) is 44.7 Å². The molecule has 5 heteroatoms. The minimum atomic E-state index is -0.511. The molecule has 0 bridgehead atoms. The average Bonchev–Trinajstić information content (AvgIpc) is 3.47. The summed E-state index contributed by atoms with van der Waals surface area (Å²) in [6, 6.07) is 26.9. The van der Waals surface area contributed by atoms with Crippen molar-refractivity contribution in [1.82, 2.24) is 0 Å². The minimum absolute atomic E-state index is 0.435. The molecule has 0 spiro atoms. The summed E-state index contributed by atoms with van der Waals surface area (Å²) in [4.78, 5) is 0. The van der Waals surface area contributed by atoms with Crippen molar-refractivity contribution in [2.75, 3.05) is 0 Å². The molecule has 4 aromatic carbocycles. The van der Waals surface area contributed by atoms with E-state index in [4.69, 9.17) is 18.1 Å². The fourth-order valence-electron chi connectivity index (χ4n) is 5.23. The first-order chi connectivity index (χ1) is 16.8. The van der Waals surface area contributed by atoms with E-state index in [0.29, 0.717) is 0 Å². The highest BCUT2D eigenvalue weighted by Crippen LogP contribution is 2.43. The van der Waals surface area contributed by atoms with Crippen molar-refractivity contribution in [1.29, 1.82) is 0 Å². The summed E-state index contributed by atoms with van der Waals surface area (Å²) < 4.78 is 25.5. The van der Waals surface area contributed by atoms with Gasteiger partial charge in [-0.05, 0) is 57.0 Å². The van der Waals surface area contributed by atoms with Crippen LogP contribution in [-0.4, -0.2) is 18.3 Å². The Morgan fingerprint density at radius 3 is 1.83 bits per heavy atom. The molecule has 35 heavy (non-hydrogen) atoms. The van der Waals surface area contributed by atoms with Gasteiger partial charge in [0.05, 0.1) is 11.2 Å². The molecule has 0 N–H and O–H groups in total. The van der Waals surface area contributed by atoms with Gasteiger partial charge < -0.3 is 18.1 Å². The van der Waals surface area contributed by atoms with Crippen LogP contribution in [0.2, 0.25) is 0 Å². The van der Waals surface area contributed by atoms with Crippen molar-refractivity contribution >= 4 is 56.5 Å². The quantitative estimate of drug-likeness (QED) is 0.252. The zero-order valence-electron chi connectivity index (χ0n) is 20.2. The first-order valence-corrected chi connectivity index (χ1v) is 12.0. The molecule has 2 aromatic heterocycles. The highest BCUT2D eigenvalue weighted by molar-refractivity contribution is 6.65. The van der Waals surface area contributed by atoms with Gasteiger partial charge >= 0.3 is 7.12 Å². The van der Waals surface area contributed by atoms with Gasteiger partial charge in [0.15, 0.2) is 0 Å². The Morgan fingerprint density at radius 1 is 0.543 bits per heavy atom. The Bertz CT molecular complexity index is 1760. The van der Waals surface area contributed by atoms with Gasteiger partial charge in [0.1, 0.15) is 22.3 Å². The second kappa shape index (κ2) is 7.00. The van der Waals surface area contributed by atoms with Crippen LogP contribution in [0.1, 0.15) is 27.7 Å². The molecule has 0 aliphatic carbocycles. The number of hydrogen-bond donors (Lipinski definition) is 0. The highest BCUT2D eigenvalue weighted by Gasteiger charge is 2.52. The molecule has 4 nitrogen and oxygen atoms in total. The maximum absolute atomic E-state index is 6.49. The zero-order chi connectivity index (χ0) is 23.9. The molecule has 6 aromatic rings. The van der Waals surface area contributed by atoms with Crippen molar-refractivity contribution in [3.63, 3.8) is 0 Å². The van der Waals surface area contributed by atoms with Crippen LogP contribution in [0.3, 0.4) is 0 Å². The fourth-order valence-corrected chi connectivity index (χ4v) is 5.23. The highest BCUT2D eigenvalue weighted by atomic mass is 16.7. The lowest BCUT2D eigenvalue weighted by Gasteiger charge is -2.32. The van der Waals surface area contributed by atoms with E-state index >= 15 is 0 Å². The third kappa shape index (κ3) is 2.89. The van der Waals surface area contributed by atoms with Gasteiger partial charge in [0, 0.05) is 27.0 Å². The largest absolute Gasteiger partial charge is 0.498 e. The van der Waals surface area contributed by atoms with Crippen LogP contribution in [0.5, 0.6) is 0 Å². The number of fused-ring (bicyclic) bond motifs is 6. The normalized spacial score (nSPS) is 17.3. The van der Waals surface area contributed by atoms with Gasteiger partial charge in [0.2, 0.25) is 0 Å². The predicted octanol–water partition coefficient (Wildman–Crippen LogP) is 7.45. The number of benzene rings is 4. The van der Waals surface area contributed by atoms with Gasteiger partial charge in [-0.3, -0.25) is 0 Å². The summed E-state index contributed by atoms with van der Waals surface area (Å²) >= 11 is 0. The van der Waals surface area contributed by atoms with Crippen LogP contribution in [0, 0.1) is 0 Å². The third-order valence-electron chi connectivity index (χ3n) is 7.76. The summed E-state index contributed by atoms with van der Waals surface area (Å²) in [5.41, 5.74) is 5.65.